The van der Waals surface area contributed by atoms with Crippen molar-refractivity contribution in [2.45, 2.75) is 34.1 Å². The Morgan fingerprint density at radius 3 is 2.69 bits per heavy atom. The molecule has 0 unspecified atom stereocenters. The molecule has 0 saturated heterocycles. The number of hydrogen-bond donors (Lipinski definition) is 1. The SMILES string of the molecule is CCOC(=O)c1cnc2c(C)cc(F)cc2c1N(C)CC(C)(C)CCO. The molecule has 1 heterocycles. The zero-order valence-electron chi connectivity index (χ0n) is 16.1. The first-order chi connectivity index (χ1) is 12.2. The number of aromatic nitrogens is 1. The van der Waals surface area contributed by atoms with E-state index in [9.17, 15) is 14.3 Å². The van der Waals surface area contributed by atoms with E-state index in [2.05, 4.69) is 4.98 Å². The molecule has 2 aromatic rings. The minimum Gasteiger partial charge on any atom is -0.462 e. The highest BCUT2D eigenvalue weighted by molar-refractivity contribution is 6.05. The van der Waals surface area contributed by atoms with Gasteiger partial charge >= 0.3 is 5.97 Å². The molecular weight excluding hydrogens is 335 g/mol. The van der Waals surface area contributed by atoms with E-state index in [1.54, 1.807) is 13.8 Å². The van der Waals surface area contributed by atoms with Crippen LogP contribution in [-0.2, 0) is 4.74 Å². The van der Waals surface area contributed by atoms with Gasteiger partial charge in [0.1, 0.15) is 11.4 Å². The Balaban J connectivity index is 2.65. The molecule has 0 radical (unpaired) electrons. The first-order valence-electron chi connectivity index (χ1n) is 8.78. The molecule has 1 N–H and O–H groups in total. The highest BCUT2D eigenvalue weighted by atomic mass is 19.1. The second-order valence-electron chi connectivity index (χ2n) is 7.35. The first-order valence-corrected chi connectivity index (χ1v) is 8.78. The van der Waals surface area contributed by atoms with E-state index in [4.69, 9.17) is 4.74 Å². The van der Waals surface area contributed by atoms with Crippen molar-refractivity contribution in [3.05, 3.63) is 35.3 Å². The van der Waals surface area contributed by atoms with Crippen molar-refractivity contribution in [1.29, 1.82) is 0 Å². The molecule has 2 rings (SSSR count). The van der Waals surface area contributed by atoms with E-state index < -0.39 is 5.97 Å². The van der Waals surface area contributed by atoms with E-state index in [0.717, 1.165) is 0 Å². The summed E-state index contributed by atoms with van der Waals surface area (Å²) in [5, 5.41) is 9.87. The molecule has 0 spiro atoms. The average Bonchev–Trinajstić information content (AvgIpc) is 2.53. The molecule has 0 fully saturated rings. The molecule has 0 atom stereocenters. The summed E-state index contributed by atoms with van der Waals surface area (Å²) >= 11 is 0. The monoisotopic (exact) mass is 362 g/mol. The number of fused-ring (bicyclic) bond motifs is 1. The number of carbonyl (C=O) groups excluding carboxylic acids is 1. The van der Waals surface area contributed by atoms with Crippen molar-refractivity contribution in [3.8, 4) is 0 Å². The van der Waals surface area contributed by atoms with E-state index in [1.807, 2.05) is 25.8 Å². The maximum atomic E-state index is 14.1. The van der Waals surface area contributed by atoms with Crippen molar-refractivity contribution in [2.24, 2.45) is 5.41 Å². The van der Waals surface area contributed by atoms with Gasteiger partial charge < -0.3 is 14.7 Å². The first kappa shape index (κ1) is 20.1. The van der Waals surface area contributed by atoms with Crippen molar-refractivity contribution >= 4 is 22.6 Å². The standard InChI is InChI=1S/C20H27FN2O3/c1-6-26-19(25)16-11-22-17-13(2)9-14(21)10-15(17)18(16)23(5)12-20(3,4)7-8-24/h9-11,24H,6-8,12H2,1-5H3. The predicted molar refractivity (Wildman–Crippen MR) is 101 cm³/mol. The highest BCUT2D eigenvalue weighted by Crippen LogP contribution is 2.34. The van der Waals surface area contributed by atoms with Gasteiger partial charge in [0.2, 0.25) is 0 Å². The molecule has 0 aliphatic heterocycles. The zero-order chi connectivity index (χ0) is 19.5. The Hall–Kier alpha value is -2.21. The second-order valence-corrected chi connectivity index (χ2v) is 7.35. The fourth-order valence-electron chi connectivity index (χ4n) is 3.30. The molecule has 1 aromatic heterocycles. The molecule has 0 aliphatic carbocycles. The third-order valence-electron chi connectivity index (χ3n) is 4.43. The molecular formula is C20H27FN2O3. The van der Waals surface area contributed by atoms with Gasteiger partial charge in [-0.3, -0.25) is 4.98 Å². The number of aliphatic hydroxyl groups excluding tert-OH is 1. The fraction of sp³-hybridized carbons (Fsp3) is 0.500. The lowest BCUT2D eigenvalue weighted by Gasteiger charge is -2.32. The normalized spacial score (nSPS) is 11.7. The van der Waals surface area contributed by atoms with Crippen molar-refractivity contribution < 1.29 is 19.0 Å². The number of aliphatic hydroxyl groups is 1. The van der Waals surface area contributed by atoms with E-state index >= 15 is 0 Å². The van der Waals surface area contributed by atoms with Gasteiger partial charge in [-0.1, -0.05) is 13.8 Å². The second kappa shape index (κ2) is 7.99. The molecule has 6 heteroatoms. The summed E-state index contributed by atoms with van der Waals surface area (Å²) in [5.41, 5.74) is 2.09. The third-order valence-corrected chi connectivity index (χ3v) is 4.43. The Morgan fingerprint density at radius 1 is 1.38 bits per heavy atom. The number of aryl methyl sites for hydroxylation is 1. The molecule has 0 saturated carbocycles. The van der Waals surface area contributed by atoms with Gasteiger partial charge in [0, 0.05) is 31.8 Å². The van der Waals surface area contributed by atoms with E-state index in [0.29, 0.717) is 40.7 Å². The molecule has 142 valence electrons. The summed E-state index contributed by atoms with van der Waals surface area (Å²) in [4.78, 5) is 18.7. The Bertz CT molecular complexity index is 805. The summed E-state index contributed by atoms with van der Waals surface area (Å²) in [6.07, 6.45) is 2.11. The number of esters is 1. The van der Waals surface area contributed by atoms with Crippen molar-refractivity contribution in [1.82, 2.24) is 4.98 Å². The predicted octanol–water partition coefficient (Wildman–Crippen LogP) is 3.70. The quantitative estimate of drug-likeness (QED) is 0.761. The van der Waals surface area contributed by atoms with Crippen LogP contribution in [0.2, 0.25) is 0 Å². The minimum absolute atomic E-state index is 0.0798. The highest BCUT2D eigenvalue weighted by Gasteiger charge is 2.25. The van der Waals surface area contributed by atoms with Gasteiger partial charge in [-0.2, -0.15) is 0 Å². The maximum Gasteiger partial charge on any atom is 0.341 e. The van der Waals surface area contributed by atoms with Gasteiger partial charge in [-0.05, 0) is 43.4 Å². The minimum atomic E-state index is -0.481. The number of benzene rings is 1. The van der Waals surface area contributed by atoms with E-state index in [-0.39, 0.29) is 24.4 Å². The topological polar surface area (TPSA) is 62.7 Å². The summed E-state index contributed by atoms with van der Waals surface area (Å²) in [5.74, 6) is -0.854. The van der Waals surface area contributed by atoms with Crippen LogP contribution in [0.3, 0.4) is 0 Å². The molecule has 1 aromatic carbocycles. The number of anilines is 1. The fourth-order valence-corrected chi connectivity index (χ4v) is 3.30. The Morgan fingerprint density at radius 2 is 2.08 bits per heavy atom. The summed E-state index contributed by atoms with van der Waals surface area (Å²) < 4.78 is 19.3. The van der Waals surface area contributed by atoms with Gasteiger partial charge in [0.05, 0.1) is 17.8 Å². The lowest BCUT2D eigenvalue weighted by atomic mass is 9.88. The molecule has 26 heavy (non-hydrogen) atoms. The van der Waals surface area contributed by atoms with Crippen LogP contribution in [0.25, 0.3) is 10.9 Å². The average molecular weight is 362 g/mol. The van der Waals surface area contributed by atoms with E-state index in [1.165, 1.54) is 18.3 Å². The number of nitrogens with zero attached hydrogens (tertiary/aromatic N) is 2. The number of rotatable bonds is 7. The van der Waals surface area contributed by atoms with Crippen LogP contribution in [-0.4, -0.2) is 42.9 Å². The molecule has 0 amide bonds. The van der Waals surface area contributed by atoms with Crippen LogP contribution >= 0.6 is 0 Å². The summed E-state index contributed by atoms with van der Waals surface area (Å²) in [7, 11) is 1.86. The summed E-state index contributed by atoms with van der Waals surface area (Å²) in [6, 6.07) is 2.84. The van der Waals surface area contributed by atoms with Crippen LogP contribution in [0.15, 0.2) is 18.3 Å². The molecule has 0 bridgehead atoms. The number of hydrogen-bond acceptors (Lipinski definition) is 5. The van der Waals surface area contributed by atoms with Crippen molar-refractivity contribution in [2.75, 3.05) is 31.7 Å². The maximum absolute atomic E-state index is 14.1. The Kier molecular flexibility index (Phi) is 6.18. The van der Waals surface area contributed by atoms with Gasteiger partial charge in [-0.15, -0.1) is 0 Å². The number of halogens is 1. The lowest BCUT2D eigenvalue weighted by molar-refractivity contribution is 0.0526. The van der Waals surface area contributed by atoms with Crippen LogP contribution in [0, 0.1) is 18.2 Å². The summed E-state index contributed by atoms with van der Waals surface area (Å²) in [6.45, 7) is 8.52. The van der Waals surface area contributed by atoms with Crippen LogP contribution in [0.4, 0.5) is 10.1 Å². The zero-order valence-corrected chi connectivity index (χ0v) is 16.1. The largest absolute Gasteiger partial charge is 0.462 e. The smallest absolute Gasteiger partial charge is 0.341 e. The number of pyridine rings is 1. The van der Waals surface area contributed by atoms with Gasteiger partial charge in [0.15, 0.2) is 0 Å². The Labute approximate surface area is 153 Å². The van der Waals surface area contributed by atoms with Crippen LogP contribution < -0.4 is 4.90 Å². The lowest BCUT2D eigenvalue weighted by Crippen LogP contribution is -2.33. The molecule has 5 nitrogen and oxygen atoms in total. The van der Waals surface area contributed by atoms with Crippen molar-refractivity contribution in [3.63, 3.8) is 0 Å². The third kappa shape index (κ3) is 4.30. The van der Waals surface area contributed by atoms with Crippen LogP contribution in [0.5, 0.6) is 0 Å². The van der Waals surface area contributed by atoms with Crippen LogP contribution in [0.1, 0.15) is 43.1 Å². The molecule has 0 aliphatic rings. The number of ether oxygens (including phenoxy) is 1. The van der Waals surface area contributed by atoms with Gasteiger partial charge in [-0.25, -0.2) is 9.18 Å². The van der Waals surface area contributed by atoms with Gasteiger partial charge in [0.25, 0.3) is 0 Å². The number of carbonyl (C=O) groups is 1.